The van der Waals surface area contributed by atoms with Gasteiger partial charge in [-0.2, -0.15) is 0 Å². The zero-order valence-electron chi connectivity index (χ0n) is 17.2. The zero-order valence-corrected chi connectivity index (χ0v) is 17.2. The summed E-state index contributed by atoms with van der Waals surface area (Å²) in [5.74, 6) is 0.988. The molecule has 1 aliphatic rings. The molecule has 1 fully saturated rings. The van der Waals surface area contributed by atoms with Gasteiger partial charge in [0, 0.05) is 31.6 Å². The van der Waals surface area contributed by atoms with E-state index in [1.165, 1.54) is 11.1 Å². The molecule has 0 aromatic heterocycles. The van der Waals surface area contributed by atoms with Gasteiger partial charge in [0.1, 0.15) is 12.4 Å². The van der Waals surface area contributed by atoms with Gasteiger partial charge < -0.3 is 10.1 Å². The lowest BCUT2D eigenvalue weighted by atomic mass is 9.92. The van der Waals surface area contributed by atoms with Gasteiger partial charge in [-0.05, 0) is 56.4 Å². The Bertz CT molecular complexity index is 733. The summed E-state index contributed by atoms with van der Waals surface area (Å²) in [6.07, 6.45) is 2.94. The molecule has 4 nitrogen and oxygen atoms in total. The summed E-state index contributed by atoms with van der Waals surface area (Å²) in [5.41, 5.74) is 2.61. The largest absolute Gasteiger partial charge is 0.492 e. The second-order valence-electron chi connectivity index (χ2n) is 7.96. The lowest BCUT2D eigenvalue weighted by Crippen LogP contribution is -2.53. The molecule has 3 atom stereocenters. The van der Waals surface area contributed by atoms with Crippen LogP contribution in [0.15, 0.2) is 54.6 Å². The van der Waals surface area contributed by atoms with Crippen LogP contribution in [0.25, 0.3) is 0 Å². The summed E-state index contributed by atoms with van der Waals surface area (Å²) in [5, 5.41) is 3.07. The predicted molar refractivity (Wildman–Crippen MR) is 114 cm³/mol. The average molecular weight is 381 g/mol. The average Bonchev–Trinajstić information content (AvgIpc) is 2.65. The van der Waals surface area contributed by atoms with Gasteiger partial charge >= 0.3 is 0 Å². The van der Waals surface area contributed by atoms with Crippen LogP contribution in [0.5, 0.6) is 5.75 Å². The first-order chi connectivity index (χ1) is 13.5. The molecular formula is C24H32N2O2. The van der Waals surface area contributed by atoms with Crippen molar-refractivity contribution in [2.75, 3.05) is 13.2 Å². The summed E-state index contributed by atoms with van der Waals surface area (Å²) in [4.78, 5) is 13.8. The van der Waals surface area contributed by atoms with E-state index < -0.39 is 0 Å². The van der Waals surface area contributed by atoms with Crippen LogP contribution in [0.2, 0.25) is 0 Å². The Morgan fingerprint density at radius 3 is 2.21 bits per heavy atom. The Labute approximate surface area is 168 Å². The van der Waals surface area contributed by atoms with Crippen molar-refractivity contribution in [3.05, 3.63) is 65.7 Å². The number of likely N-dealkylation sites (tertiary alicyclic amines) is 1. The predicted octanol–water partition coefficient (Wildman–Crippen LogP) is 4.03. The molecule has 3 rings (SSSR count). The molecule has 1 aliphatic heterocycles. The van der Waals surface area contributed by atoms with Crippen LogP contribution in [0.4, 0.5) is 0 Å². The Morgan fingerprint density at radius 1 is 1.00 bits per heavy atom. The van der Waals surface area contributed by atoms with Gasteiger partial charge in [-0.3, -0.25) is 9.69 Å². The molecule has 0 aliphatic carbocycles. The molecule has 0 spiro atoms. The molecular weight excluding hydrogens is 348 g/mol. The first kappa shape index (κ1) is 20.4. The van der Waals surface area contributed by atoms with Gasteiger partial charge in [0.05, 0.1) is 0 Å². The Morgan fingerprint density at radius 2 is 1.61 bits per heavy atom. The van der Waals surface area contributed by atoms with Gasteiger partial charge in [-0.1, -0.05) is 42.5 Å². The molecule has 1 unspecified atom stereocenters. The van der Waals surface area contributed by atoms with Crippen molar-refractivity contribution >= 4 is 5.91 Å². The molecule has 1 heterocycles. The highest BCUT2D eigenvalue weighted by molar-refractivity contribution is 5.73. The number of amides is 1. The van der Waals surface area contributed by atoms with Crippen molar-refractivity contribution in [3.8, 4) is 5.75 Å². The molecule has 150 valence electrons. The summed E-state index contributed by atoms with van der Waals surface area (Å²) in [7, 11) is 0. The molecule has 0 radical (unpaired) electrons. The monoisotopic (exact) mass is 380 g/mol. The number of carbonyl (C=O) groups excluding carboxylic acids is 1. The second-order valence-corrected chi connectivity index (χ2v) is 7.96. The highest BCUT2D eigenvalue weighted by Crippen LogP contribution is 2.23. The molecule has 0 bridgehead atoms. The van der Waals surface area contributed by atoms with E-state index >= 15 is 0 Å². The number of hydrogen-bond acceptors (Lipinski definition) is 3. The minimum absolute atomic E-state index is 0.0666. The third kappa shape index (κ3) is 5.83. The molecule has 1 saturated heterocycles. The van der Waals surface area contributed by atoms with Gasteiger partial charge in [0.15, 0.2) is 0 Å². The maximum absolute atomic E-state index is 11.3. The van der Waals surface area contributed by atoms with E-state index in [1.54, 1.807) is 6.92 Å². The molecule has 2 aromatic carbocycles. The SMILES string of the molecule is CC(=O)NC1C[C@@H](C)N(CCOc2ccc(Cc3ccccc3)cc2)[C@@H](C)C1. The fourth-order valence-electron chi connectivity index (χ4n) is 4.28. The highest BCUT2D eigenvalue weighted by atomic mass is 16.5. The van der Waals surface area contributed by atoms with Crippen molar-refractivity contribution in [1.82, 2.24) is 10.2 Å². The Balaban J connectivity index is 1.45. The topological polar surface area (TPSA) is 41.6 Å². The third-order valence-electron chi connectivity index (χ3n) is 5.58. The van der Waals surface area contributed by atoms with Gasteiger partial charge in [-0.25, -0.2) is 0 Å². The fraction of sp³-hybridized carbons (Fsp3) is 0.458. The van der Waals surface area contributed by atoms with E-state index in [4.69, 9.17) is 4.74 Å². The highest BCUT2D eigenvalue weighted by Gasteiger charge is 2.30. The van der Waals surface area contributed by atoms with E-state index in [0.29, 0.717) is 18.7 Å². The first-order valence-electron chi connectivity index (χ1n) is 10.3. The molecule has 4 heteroatoms. The molecule has 1 amide bonds. The quantitative estimate of drug-likeness (QED) is 0.788. The van der Waals surface area contributed by atoms with E-state index in [0.717, 1.165) is 31.6 Å². The summed E-state index contributed by atoms with van der Waals surface area (Å²) in [6, 6.07) is 20.1. The van der Waals surface area contributed by atoms with Crippen LogP contribution in [0.1, 0.15) is 44.7 Å². The number of rotatable bonds is 7. The van der Waals surface area contributed by atoms with Crippen LogP contribution in [0.3, 0.4) is 0 Å². The molecule has 28 heavy (non-hydrogen) atoms. The standard InChI is InChI=1S/C24H32N2O2/c1-18-15-23(25-20(3)27)16-19(2)26(18)13-14-28-24-11-9-22(10-12-24)17-21-7-5-4-6-8-21/h4-12,18-19,23H,13-17H2,1-3H3,(H,25,27)/t18-,19+,23?. The van der Waals surface area contributed by atoms with Crippen molar-refractivity contribution in [1.29, 1.82) is 0 Å². The number of nitrogens with one attached hydrogen (secondary N) is 1. The summed E-state index contributed by atoms with van der Waals surface area (Å²) < 4.78 is 5.99. The van der Waals surface area contributed by atoms with Crippen LogP contribution in [-0.4, -0.2) is 42.1 Å². The van der Waals surface area contributed by atoms with Crippen LogP contribution in [0, 0.1) is 0 Å². The summed E-state index contributed by atoms with van der Waals surface area (Å²) >= 11 is 0. The molecule has 0 saturated carbocycles. The van der Waals surface area contributed by atoms with Crippen LogP contribution in [-0.2, 0) is 11.2 Å². The van der Waals surface area contributed by atoms with Crippen LogP contribution >= 0.6 is 0 Å². The Hall–Kier alpha value is -2.33. The number of carbonyl (C=O) groups is 1. The maximum Gasteiger partial charge on any atom is 0.217 e. The van der Waals surface area contributed by atoms with Crippen molar-refractivity contribution in [3.63, 3.8) is 0 Å². The number of ether oxygens (including phenoxy) is 1. The van der Waals surface area contributed by atoms with Gasteiger partial charge in [0.2, 0.25) is 5.91 Å². The molecule has 2 aromatic rings. The minimum atomic E-state index is 0.0666. The zero-order chi connectivity index (χ0) is 19.9. The van der Waals surface area contributed by atoms with Gasteiger partial charge in [-0.15, -0.1) is 0 Å². The Kier molecular flexibility index (Phi) is 7.10. The third-order valence-corrected chi connectivity index (χ3v) is 5.58. The van der Waals surface area contributed by atoms with Crippen molar-refractivity contribution < 1.29 is 9.53 Å². The summed E-state index contributed by atoms with van der Waals surface area (Å²) in [6.45, 7) is 7.66. The van der Waals surface area contributed by atoms with Gasteiger partial charge in [0.25, 0.3) is 0 Å². The van der Waals surface area contributed by atoms with E-state index in [1.807, 2.05) is 6.07 Å². The maximum atomic E-state index is 11.3. The van der Waals surface area contributed by atoms with E-state index in [9.17, 15) is 4.79 Å². The number of hydrogen-bond donors (Lipinski definition) is 1. The first-order valence-corrected chi connectivity index (χ1v) is 10.3. The van der Waals surface area contributed by atoms with Crippen molar-refractivity contribution in [2.45, 2.75) is 58.2 Å². The lowest BCUT2D eigenvalue weighted by Gasteiger charge is -2.42. The van der Waals surface area contributed by atoms with Crippen molar-refractivity contribution in [2.24, 2.45) is 0 Å². The normalized spacial score (nSPS) is 22.6. The second kappa shape index (κ2) is 9.74. The van der Waals surface area contributed by atoms with E-state index in [2.05, 4.69) is 72.6 Å². The smallest absolute Gasteiger partial charge is 0.217 e. The minimum Gasteiger partial charge on any atom is -0.492 e. The van der Waals surface area contributed by atoms with E-state index in [-0.39, 0.29) is 11.9 Å². The number of piperidine rings is 1. The number of nitrogens with zero attached hydrogens (tertiary/aromatic N) is 1. The van der Waals surface area contributed by atoms with Crippen LogP contribution < -0.4 is 10.1 Å². The lowest BCUT2D eigenvalue weighted by molar-refractivity contribution is -0.120. The fourth-order valence-corrected chi connectivity index (χ4v) is 4.28. The number of benzene rings is 2. The molecule has 1 N–H and O–H groups in total.